The molecule has 1 N–H and O–H groups in total. The van der Waals surface area contributed by atoms with Gasteiger partial charge in [0.25, 0.3) is 0 Å². The number of nitrogens with zero attached hydrogens (tertiary/aromatic N) is 5. The van der Waals surface area contributed by atoms with E-state index in [1.165, 1.54) is 12.1 Å². The van der Waals surface area contributed by atoms with Crippen LogP contribution in [0.15, 0.2) is 53.4 Å². The molecule has 1 saturated carbocycles. The number of halogens is 4. The zero-order valence-corrected chi connectivity index (χ0v) is 19.0. The van der Waals surface area contributed by atoms with Crippen molar-refractivity contribution >= 4 is 11.7 Å². The summed E-state index contributed by atoms with van der Waals surface area (Å²) in [5.41, 5.74) is 0.0352. The quantitative estimate of drug-likeness (QED) is 0.379. The maximum Gasteiger partial charge on any atom is 0.401 e. The normalized spacial score (nSPS) is 14.6. The molecule has 0 atom stereocenters. The molecule has 1 aliphatic carbocycles. The molecular weight excluding hydrogens is 480 g/mol. The second-order valence-electron chi connectivity index (χ2n) is 8.73. The molecule has 0 radical (unpaired) electrons. The molecule has 1 aliphatic rings. The van der Waals surface area contributed by atoms with Crippen LogP contribution in [0.25, 0.3) is 11.1 Å². The van der Waals surface area contributed by atoms with Gasteiger partial charge >= 0.3 is 6.18 Å². The summed E-state index contributed by atoms with van der Waals surface area (Å²) in [6, 6.07) is 7.30. The maximum absolute atomic E-state index is 14.7. The van der Waals surface area contributed by atoms with E-state index in [0.29, 0.717) is 23.4 Å². The van der Waals surface area contributed by atoms with E-state index >= 15 is 0 Å². The number of amides is 1. The van der Waals surface area contributed by atoms with Crippen molar-refractivity contribution in [1.82, 2.24) is 24.9 Å². The minimum Gasteiger partial charge on any atom is -0.358 e. The van der Waals surface area contributed by atoms with Gasteiger partial charge in [-0.25, -0.2) is 14.4 Å². The Morgan fingerprint density at radius 1 is 1.14 bits per heavy atom. The highest BCUT2D eigenvalue weighted by molar-refractivity contribution is 5.91. The van der Waals surface area contributed by atoms with Crippen LogP contribution < -0.4 is 5.32 Å². The van der Waals surface area contributed by atoms with E-state index in [9.17, 15) is 22.4 Å². The molecule has 1 fully saturated rings. The van der Waals surface area contributed by atoms with Crippen LogP contribution in [0.1, 0.15) is 35.7 Å². The summed E-state index contributed by atoms with van der Waals surface area (Å²) in [5, 5.41) is 10.1. The highest BCUT2D eigenvalue weighted by Gasteiger charge is 2.66. The fourth-order valence-electron chi connectivity index (χ4n) is 3.90. The van der Waals surface area contributed by atoms with Crippen molar-refractivity contribution in [2.75, 3.05) is 5.32 Å². The van der Waals surface area contributed by atoms with Crippen molar-refractivity contribution in [3.63, 3.8) is 0 Å². The number of hydrogen-bond donors (Lipinski definition) is 1. The van der Waals surface area contributed by atoms with Crippen LogP contribution in [0, 0.1) is 5.82 Å². The van der Waals surface area contributed by atoms with Crippen LogP contribution in [0.5, 0.6) is 0 Å². The molecule has 0 unspecified atom stereocenters. The smallest absolute Gasteiger partial charge is 0.358 e. The first-order chi connectivity index (χ1) is 17.1. The molecule has 0 saturated heterocycles. The van der Waals surface area contributed by atoms with Gasteiger partial charge in [0.2, 0.25) is 5.91 Å². The lowest BCUT2D eigenvalue weighted by Gasteiger charge is -2.14. The van der Waals surface area contributed by atoms with Gasteiger partial charge in [0.05, 0.1) is 18.5 Å². The molecule has 3 aromatic heterocycles. The molecule has 1 amide bonds. The third-order valence-electron chi connectivity index (χ3n) is 6.09. The van der Waals surface area contributed by atoms with Crippen molar-refractivity contribution in [2.45, 2.75) is 37.3 Å². The third kappa shape index (κ3) is 4.70. The molecule has 1 aromatic carbocycles. The van der Waals surface area contributed by atoms with Crippen molar-refractivity contribution in [1.29, 1.82) is 0 Å². The van der Waals surface area contributed by atoms with E-state index in [-0.39, 0.29) is 36.4 Å². The molecule has 0 bridgehead atoms. The average Bonchev–Trinajstić information content (AvgIpc) is 3.37. The fourth-order valence-corrected chi connectivity index (χ4v) is 3.90. The van der Waals surface area contributed by atoms with Crippen LogP contribution in [0.2, 0.25) is 0 Å². The number of carbonyl (C=O) groups excluding carboxylic acids is 1. The van der Waals surface area contributed by atoms with Crippen LogP contribution in [-0.2, 0) is 30.1 Å². The molecule has 36 heavy (non-hydrogen) atoms. The standard InChI is InChI=1S/C24H20F4N6O2/c1-34-7-4-17(32-34)10-20-29-12-16(13-30-20)14-2-3-15(18(25)8-14)9-22(35)31-21-11-19(36-33-21)23(5-6-23)24(26,27)28/h2-4,7-8,11-13H,5-6,9-10H2,1H3,(H,31,33,35). The van der Waals surface area contributed by atoms with Gasteiger partial charge in [-0.3, -0.25) is 9.48 Å². The van der Waals surface area contributed by atoms with Crippen molar-refractivity contribution < 1.29 is 26.9 Å². The molecule has 8 nitrogen and oxygen atoms in total. The van der Waals surface area contributed by atoms with E-state index in [2.05, 4.69) is 25.5 Å². The number of aryl methyl sites for hydroxylation is 1. The van der Waals surface area contributed by atoms with Crippen molar-refractivity contribution in [3.8, 4) is 11.1 Å². The lowest BCUT2D eigenvalue weighted by molar-refractivity contribution is -0.165. The Bertz CT molecular complexity index is 1410. The summed E-state index contributed by atoms with van der Waals surface area (Å²) in [6.45, 7) is 0. The van der Waals surface area contributed by atoms with E-state index in [0.717, 1.165) is 11.8 Å². The van der Waals surface area contributed by atoms with Crippen LogP contribution in [0.4, 0.5) is 23.4 Å². The summed E-state index contributed by atoms with van der Waals surface area (Å²) in [5.74, 6) is -1.17. The predicted octanol–water partition coefficient (Wildman–Crippen LogP) is 4.37. The highest BCUT2D eigenvalue weighted by atomic mass is 19.4. The Morgan fingerprint density at radius 2 is 1.89 bits per heavy atom. The summed E-state index contributed by atoms with van der Waals surface area (Å²) in [4.78, 5) is 21.0. The first-order valence-corrected chi connectivity index (χ1v) is 11.0. The SMILES string of the molecule is Cn1ccc(Cc2ncc(-c3ccc(CC(=O)Nc4cc(C5(C(F)(F)F)CC5)on4)c(F)c3)cn2)n1. The number of nitrogens with one attached hydrogen (secondary N) is 1. The van der Waals surface area contributed by atoms with Crippen LogP contribution >= 0.6 is 0 Å². The minimum absolute atomic E-state index is 0.0887. The monoisotopic (exact) mass is 500 g/mol. The second-order valence-corrected chi connectivity index (χ2v) is 8.73. The number of alkyl halides is 3. The third-order valence-corrected chi connectivity index (χ3v) is 6.09. The first-order valence-electron chi connectivity index (χ1n) is 11.0. The summed E-state index contributed by atoms with van der Waals surface area (Å²) in [6.07, 6.45) is 0.497. The van der Waals surface area contributed by atoms with E-state index in [1.54, 1.807) is 23.1 Å². The Hall–Kier alpha value is -4.09. The largest absolute Gasteiger partial charge is 0.401 e. The highest BCUT2D eigenvalue weighted by Crippen LogP contribution is 2.59. The Kier molecular flexibility index (Phi) is 5.81. The first kappa shape index (κ1) is 23.6. The van der Waals surface area contributed by atoms with Crippen LogP contribution in [-0.4, -0.2) is 37.0 Å². The molecule has 5 rings (SSSR count). The number of rotatable bonds is 7. The van der Waals surface area contributed by atoms with Gasteiger partial charge in [0.1, 0.15) is 17.1 Å². The molecule has 186 valence electrons. The Balaban J connectivity index is 1.22. The summed E-state index contributed by atoms with van der Waals surface area (Å²) < 4.78 is 60.9. The van der Waals surface area contributed by atoms with Gasteiger partial charge in [-0.1, -0.05) is 17.3 Å². The molecular formula is C24H20F4N6O2. The van der Waals surface area contributed by atoms with Crippen LogP contribution in [0.3, 0.4) is 0 Å². The number of hydrogen-bond acceptors (Lipinski definition) is 6. The molecule has 4 aromatic rings. The predicted molar refractivity (Wildman–Crippen MR) is 119 cm³/mol. The van der Waals surface area contributed by atoms with Gasteiger partial charge in [0.15, 0.2) is 11.6 Å². The Morgan fingerprint density at radius 3 is 2.50 bits per heavy atom. The van der Waals surface area contributed by atoms with Gasteiger partial charge in [0, 0.05) is 37.3 Å². The van der Waals surface area contributed by atoms with Gasteiger partial charge in [-0.05, 0) is 36.1 Å². The zero-order valence-electron chi connectivity index (χ0n) is 19.0. The van der Waals surface area contributed by atoms with E-state index < -0.39 is 23.3 Å². The van der Waals surface area contributed by atoms with E-state index in [1.807, 2.05) is 19.3 Å². The lowest BCUT2D eigenvalue weighted by atomic mass is 10.0. The number of carbonyl (C=O) groups is 1. The van der Waals surface area contributed by atoms with Gasteiger partial charge in [-0.2, -0.15) is 18.3 Å². The summed E-state index contributed by atoms with van der Waals surface area (Å²) >= 11 is 0. The topological polar surface area (TPSA) is 98.7 Å². The number of anilines is 1. The Labute approximate surface area is 202 Å². The van der Waals surface area contributed by atoms with E-state index in [4.69, 9.17) is 4.52 Å². The van der Waals surface area contributed by atoms with Gasteiger partial charge in [-0.15, -0.1) is 0 Å². The maximum atomic E-state index is 14.7. The lowest BCUT2D eigenvalue weighted by Crippen LogP contribution is -2.28. The molecule has 0 aliphatic heterocycles. The fraction of sp³-hybridized carbons (Fsp3) is 0.292. The van der Waals surface area contributed by atoms with Crippen molar-refractivity contribution in [3.05, 3.63) is 77.6 Å². The molecule has 3 heterocycles. The minimum atomic E-state index is -4.46. The zero-order chi connectivity index (χ0) is 25.5. The molecule has 0 spiro atoms. The van der Waals surface area contributed by atoms with Gasteiger partial charge < -0.3 is 9.84 Å². The summed E-state index contributed by atoms with van der Waals surface area (Å²) in [7, 11) is 1.82. The van der Waals surface area contributed by atoms with Crippen molar-refractivity contribution in [2.24, 2.45) is 7.05 Å². The molecule has 12 heteroatoms. The number of benzene rings is 1. The average molecular weight is 500 g/mol. The number of aromatic nitrogens is 5. The second kappa shape index (κ2) is 8.85.